The molecule has 1 aliphatic heterocycles. The molecule has 0 radical (unpaired) electrons. The molecule has 2 aliphatic rings. The van der Waals surface area contributed by atoms with Crippen molar-refractivity contribution in [1.82, 2.24) is 10.8 Å². The van der Waals surface area contributed by atoms with Gasteiger partial charge >= 0.3 is 5.97 Å². The third-order valence-corrected chi connectivity index (χ3v) is 4.32. The Labute approximate surface area is 121 Å². The maximum atomic E-state index is 12.1. The van der Waals surface area contributed by atoms with Gasteiger partial charge in [-0.25, -0.2) is 0 Å². The zero-order valence-electron chi connectivity index (χ0n) is 12.7. The minimum atomic E-state index is -0.510. The van der Waals surface area contributed by atoms with Crippen molar-refractivity contribution in [3.63, 3.8) is 0 Å². The maximum Gasteiger partial charge on any atom is 0.327 e. The van der Waals surface area contributed by atoms with E-state index in [4.69, 9.17) is 4.84 Å². The summed E-state index contributed by atoms with van der Waals surface area (Å²) in [6, 6.07) is 0. The van der Waals surface area contributed by atoms with Gasteiger partial charge in [-0.15, -0.1) is 5.48 Å². The Kier molecular flexibility index (Phi) is 4.86. The van der Waals surface area contributed by atoms with Gasteiger partial charge in [0.25, 0.3) is 0 Å². The quantitative estimate of drug-likeness (QED) is 0.776. The normalized spacial score (nSPS) is 27.1. The lowest BCUT2D eigenvalue weighted by atomic mass is 9.89. The predicted molar refractivity (Wildman–Crippen MR) is 79.4 cm³/mol. The van der Waals surface area contributed by atoms with Crippen LogP contribution in [-0.4, -0.2) is 11.6 Å². The summed E-state index contributed by atoms with van der Waals surface area (Å²) < 4.78 is 0. The number of allylic oxidation sites excluding steroid dienone is 2. The molecule has 2 N–H and O–H groups in total. The zero-order chi connectivity index (χ0) is 14.6. The van der Waals surface area contributed by atoms with E-state index in [0.29, 0.717) is 0 Å². The van der Waals surface area contributed by atoms with Gasteiger partial charge in [-0.2, -0.15) is 0 Å². The van der Waals surface area contributed by atoms with E-state index in [2.05, 4.69) is 24.6 Å². The molecule has 0 spiro atoms. The van der Waals surface area contributed by atoms with Gasteiger partial charge in [-0.05, 0) is 37.3 Å². The van der Waals surface area contributed by atoms with Gasteiger partial charge in [0.05, 0.1) is 5.92 Å². The molecular weight excluding hydrogens is 252 g/mol. The lowest BCUT2D eigenvalue weighted by molar-refractivity contribution is -0.163. The summed E-state index contributed by atoms with van der Waals surface area (Å²) in [5.74, 6) is 0.193. The highest BCUT2D eigenvalue weighted by Crippen LogP contribution is 2.25. The van der Waals surface area contributed by atoms with E-state index in [0.717, 1.165) is 31.3 Å². The van der Waals surface area contributed by atoms with E-state index >= 15 is 0 Å². The van der Waals surface area contributed by atoms with Crippen molar-refractivity contribution in [2.75, 3.05) is 0 Å². The molecule has 0 aromatic heterocycles. The monoisotopic (exact) mass is 278 g/mol. The van der Waals surface area contributed by atoms with Crippen LogP contribution in [0.1, 0.15) is 52.9 Å². The van der Waals surface area contributed by atoms with Crippen LogP contribution in [0.5, 0.6) is 0 Å². The first-order valence-electron chi connectivity index (χ1n) is 7.65. The second-order valence-electron chi connectivity index (χ2n) is 6.25. The summed E-state index contributed by atoms with van der Waals surface area (Å²) >= 11 is 0. The van der Waals surface area contributed by atoms with Crippen LogP contribution in [0.4, 0.5) is 0 Å². The van der Waals surface area contributed by atoms with Crippen molar-refractivity contribution in [3.05, 3.63) is 23.9 Å². The van der Waals surface area contributed by atoms with Crippen molar-refractivity contribution >= 4 is 5.97 Å². The Morgan fingerprint density at radius 1 is 1.40 bits per heavy atom. The number of dihydropyridines is 1. The van der Waals surface area contributed by atoms with E-state index < -0.39 is 5.66 Å². The molecule has 0 aromatic rings. The molecular formula is C16H26N2O2. The van der Waals surface area contributed by atoms with Gasteiger partial charge in [0.1, 0.15) is 5.66 Å². The first-order chi connectivity index (χ1) is 9.53. The molecule has 4 heteroatoms. The first kappa shape index (κ1) is 15.1. The zero-order valence-corrected chi connectivity index (χ0v) is 12.7. The van der Waals surface area contributed by atoms with Gasteiger partial charge in [0, 0.05) is 6.20 Å². The van der Waals surface area contributed by atoms with E-state index in [-0.39, 0.29) is 17.8 Å². The van der Waals surface area contributed by atoms with Gasteiger partial charge < -0.3 is 10.2 Å². The fourth-order valence-electron chi connectivity index (χ4n) is 2.69. The third kappa shape index (κ3) is 3.42. The summed E-state index contributed by atoms with van der Waals surface area (Å²) in [6.45, 7) is 6.21. The topological polar surface area (TPSA) is 50.4 Å². The summed E-state index contributed by atoms with van der Waals surface area (Å²) in [7, 11) is 0. The Hall–Kier alpha value is -1.29. The molecule has 1 aliphatic carbocycles. The van der Waals surface area contributed by atoms with Gasteiger partial charge in [0.2, 0.25) is 0 Å². The fraction of sp³-hybridized carbons (Fsp3) is 0.688. The third-order valence-electron chi connectivity index (χ3n) is 4.32. The summed E-state index contributed by atoms with van der Waals surface area (Å²) in [5, 5.41) is 3.30. The average Bonchev–Trinajstić information content (AvgIpc) is 2.47. The molecule has 1 heterocycles. The molecule has 112 valence electrons. The number of carbonyl (C=O) groups is 1. The smallest absolute Gasteiger partial charge is 0.327 e. The van der Waals surface area contributed by atoms with E-state index in [9.17, 15) is 4.79 Å². The van der Waals surface area contributed by atoms with Crippen molar-refractivity contribution in [2.24, 2.45) is 11.8 Å². The maximum absolute atomic E-state index is 12.1. The molecule has 20 heavy (non-hydrogen) atoms. The van der Waals surface area contributed by atoms with Crippen molar-refractivity contribution in [3.8, 4) is 0 Å². The summed E-state index contributed by atoms with van der Waals surface area (Å²) in [6.07, 6.45) is 11.4. The van der Waals surface area contributed by atoms with Crippen LogP contribution < -0.4 is 10.8 Å². The molecule has 1 fully saturated rings. The summed E-state index contributed by atoms with van der Waals surface area (Å²) in [4.78, 5) is 17.5. The molecule has 0 amide bonds. The first-order valence-corrected chi connectivity index (χ1v) is 7.65. The van der Waals surface area contributed by atoms with Gasteiger partial charge in [-0.3, -0.25) is 4.79 Å². The van der Waals surface area contributed by atoms with Crippen LogP contribution >= 0.6 is 0 Å². The van der Waals surface area contributed by atoms with Crippen LogP contribution in [0.25, 0.3) is 0 Å². The highest BCUT2D eigenvalue weighted by atomic mass is 16.7. The van der Waals surface area contributed by atoms with Crippen molar-refractivity contribution in [1.29, 1.82) is 0 Å². The van der Waals surface area contributed by atoms with Crippen LogP contribution in [-0.2, 0) is 9.63 Å². The minimum absolute atomic E-state index is 0.0605. The Bertz CT molecular complexity index is 409. The molecule has 0 saturated heterocycles. The van der Waals surface area contributed by atoms with Crippen LogP contribution in [0.2, 0.25) is 0 Å². The lowest BCUT2D eigenvalue weighted by Gasteiger charge is -2.37. The molecule has 1 saturated carbocycles. The second-order valence-corrected chi connectivity index (χ2v) is 6.25. The Balaban J connectivity index is 1.93. The molecule has 1 atom stereocenters. The largest absolute Gasteiger partial charge is 0.368 e. The van der Waals surface area contributed by atoms with Crippen LogP contribution in [0.15, 0.2) is 23.9 Å². The predicted octanol–water partition coefficient (Wildman–Crippen LogP) is 3.03. The highest BCUT2D eigenvalue weighted by Gasteiger charge is 2.34. The minimum Gasteiger partial charge on any atom is -0.368 e. The number of hydrogen-bond acceptors (Lipinski definition) is 4. The van der Waals surface area contributed by atoms with Crippen molar-refractivity contribution in [2.45, 2.75) is 58.5 Å². The van der Waals surface area contributed by atoms with Crippen LogP contribution in [0.3, 0.4) is 0 Å². The highest BCUT2D eigenvalue weighted by molar-refractivity contribution is 5.72. The number of hydroxylamine groups is 1. The Morgan fingerprint density at radius 3 is 2.65 bits per heavy atom. The fourth-order valence-corrected chi connectivity index (χ4v) is 2.69. The number of nitrogens with one attached hydrogen (secondary N) is 2. The Morgan fingerprint density at radius 2 is 2.10 bits per heavy atom. The standard InChI is InChI=1S/C16H26N2O2/c1-12(2)16(10-9-13(3)11-17-16)18-20-15(19)14-7-5-4-6-8-14/h9-12,14,17-18H,4-8H2,1-3H3. The number of rotatable bonds is 4. The van der Waals surface area contributed by atoms with Gasteiger partial charge in [-0.1, -0.05) is 39.2 Å². The average molecular weight is 278 g/mol. The lowest BCUT2D eigenvalue weighted by Crippen LogP contribution is -2.58. The van der Waals surface area contributed by atoms with Crippen LogP contribution in [0, 0.1) is 11.8 Å². The summed E-state index contributed by atoms with van der Waals surface area (Å²) in [5.41, 5.74) is 3.60. The van der Waals surface area contributed by atoms with Gasteiger partial charge in [0.15, 0.2) is 0 Å². The molecule has 1 unspecified atom stereocenters. The van der Waals surface area contributed by atoms with Crippen molar-refractivity contribution < 1.29 is 9.63 Å². The number of hydrogen-bond donors (Lipinski definition) is 2. The molecule has 0 bridgehead atoms. The van der Waals surface area contributed by atoms with E-state index in [1.807, 2.05) is 25.3 Å². The molecule has 4 nitrogen and oxygen atoms in total. The SMILES string of the molecule is CC1=CNC(NOC(=O)C2CCCCC2)(C(C)C)C=C1. The molecule has 0 aromatic carbocycles. The molecule has 2 rings (SSSR count). The van der Waals surface area contributed by atoms with E-state index in [1.54, 1.807) is 0 Å². The number of carbonyl (C=O) groups excluding carboxylic acids is 1. The second kappa shape index (κ2) is 6.44. The van der Waals surface area contributed by atoms with E-state index in [1.165, 1.54) is 6.42 Å².